The number of ether oxygens (including phenoxy) is 1. The Morgan fingerprint density at radius 3 is 3.00 bits per heavy atom. The second kappa shape index (κ2) is 5.62. The van der Waals surface area contributed by atoms with Crippen LogP contribution in [-0.2, 0) is 11.3 Å². The fourth-order valence-electron chi connectivity index (χ4n) is 1.30. The number of carbonyl (C=O) groups excluding carboxylic acids is 1. The number of nitrogens with zero attached hydrogens (tertiary/aromatic N) is 2. The first-order valence-corrected chi connectivity index (χ1v) is 4.92. The van der Waals surface area contributed by atoms with E-state index in [9.17, 15) is 4.79 Å². The lowest BCUT2D eigenvalue weighted by Crippen LogP contribution is -2.33. The zero-order valence-corrected chi connectivity index (χ0v) is 9.64. The molecule has 0 saturated heterocycles. The van der Waals surface area contributed by atoms with Crippen molar-refractivity contribution in [2.45, 2.75) is 19.6 Å². The van der Waals surface area contributed by atoms with Gasteiger partial charge < -0.3 is 19.3 Å². The highest BCUT2D eigenvalue weighted by Crippen LogP contribution is 2.07. The molecule has 0 radical (unpaired) electrons. The lowest BCUT2D eigenvalue weighted by atomic mass is 10.3. The van der Waals surface area contributed by atoms with Crippen molar-refractivity contribution in [3.8, 4) is 0 Å². The third-order valence-electron chi connectivity index (χ3n) is 1.95. The van der Waals surface area contributed by atoms with Gasteiger partial charge in [-0.2, -0.15) is 0 Å². The molecule has 6 heteroatoms. The van der Waals surface area contributed by atoms with Crippen LogP contribution in [0.25, 0.3) is 0 Å². The van der Waals surface area contributed by atoms with Gasteiger partial charge in [0.2, 0.25) is 0 Å². The van der Waals surface area contributed by atoms with E-state index in [1.165, 1.54) is 18.1 Å². The van der Waals surface area contributed by atoms with Crippen LogP contribution in [0.1, 0.15) is 23.2 Å². The van der Waals surface area contributed by atoms with Crippen molar-refractivity contribution in [3.05, 3.63) is 17.5 Å². The van der Waals surface area contributed by atoms with Gasteiger partial charge in [-0.25, -0.2) is 0 Å². The molecule has 1 aromatic heterocycles. The van der Waals surface area contributed by atoms with Gasteiger partial charge in [-0.3, -0.25) is 4.79 Å². The Hall–Kier alpha value is -1.40. The topological polar surface area (TPSA) is 75.8 Å². The van der Waals surface area contributed by atoms with Gasteiger partial charge >= 0.3 is 0 Å². The van der Waals surface area contributed by atoms with Gasteiger partial charge in [-0.15, -0.1) is 0 Å². The van der Waals surface area contributed by atoms with Crippen molar-refractivity contribution in [2.24, 2.45) is 0 Å². The zero-order valence-electron chi connectivity index (χ0n) is 9.64. The van der Waals surface area contributed by atoms with Crippen LogP contribution in [0, 0.1) is 0 Å². The van der Waals surface area contributed by atoms with Crippen molar-refractivity contribution in [3.63, 3.8) is 0 Å². The monoisotopic (exact) mass is 228 g/mol. The first-order chi connectivity index (χ1) is 7.54. The van der Waals surface area contributed by atoms with Crippen LogP contribution in [0.15, 0.2) is 10.6 Å². The van der Waals surface area contributed by atoms with E-state index in [2.05, 4.69) is 5.16 Å². The SMILES string of the molecule is COCc1cc(C(=O)N(C)CC(C)O)no1. The highest BCUT2D eigenvalue weighted by atomic mass is 16.5. The van der Waals surface area contributed by atoms with Gasteiger partial charge in [0.15, 0.2) is 11.5 Å². The van der Waals surface area contributed by atoms with Crippen molar-refractivity contribution in [1.29, 1.82) is 0 Å². The number of aliphatic hydroxyl groups excluding tert-OH is 1. The van der Waals surface area contributed by atoms with E-state index in [0.717, 1.165) is 0 Å². The number of hydrogen-bond donors (Lipinski definition) is 1. The maximum Gasteiger partial charge on any atom is 0.275 e. The maximum absolute atomic E-state index is 11.7. The number of aliphatic hydroxyl groups is 1. The number of carbonyl (C=O) groups is 1. The van der Waals surface area contributed by atoms with E-state index in [-0.39, 0.29) is 24.8 Å². The number of methoxy groups -OCH3 is 1. The van der Waals surface area contributed by atoms with Crippen molar-refractivity contribution in [2.75, 3.05) is 20.7 Å². The standard InChI is InChI=1S/C10H16N2O4/c1-7(13)5-12(2)10(14)9-4-8(6-15-3)16-11-9/h4,7,13H,5-6H2,1-3H3. The second-order valence-electron chi connectivity index (χ2n) is 3.65. The molecule has 1 rings (SSSR count). The quantitative estimate of drug-likeness (QED) is 0.783. The summed E-state index contributed by atoms with van der Waals surface area (Å²) in [5.74, 6) is 0.211. The van der Waals surface area contributed by atoms with Crippen LogP contribution in [0.3, 0.4) is 0 Å². The number of amides is 1. The third kappa shape index (κ3) is 3.32. The third-order valence-corrected chi connectivity index (χ3v) is 1.95. The van der Waals surface area contributed by atoms with Crippen LogP contribution in [0.2, 0.25) is 0 Å². The molecular weight excluding hydrogens is 212 g/mol. The Bertz CT molecular complexity index is 348. The Morgan fingerprint density at radius 2 is 2.44 bits per heavy atom. The molecule has 1 unspecified atom stereocenters. The first-order valence-electron chi connectivity index (χ1n) is 4.92. The average Bonchev–Trinajstić information content (AvgIpc) is 2.64. The second-order valence-corrected chi connectivity index (χ2v) is 3.65. The van der Waals surface area contributed by atoms with Crippen LogP contribution >= 0.6 is 0 Å². The lowest BCUT2D eigenvalue weighted by Gasteiger charge is -2.16. The zero-order chi connectivity index (χ0) is 12.1. The van der Waals surface area contributed by atoms with Crippen LogP contribution < -0.4 is 0 Å². The molecule has 0 aliphatic carbocycles. The molecule has 0 fully saturated rings. The van der Waals surface area contributed by atoms with E-state index in [1.807, 2.05) is 0 Å². The lowest BCUT2D eigenvalue weighted by molar-refractivity contribution is 0.0693. The number of hydrogen-bond acceptors (Lipinski definition) is 5. The summed E-state index contributed by atoms with van der Waals surface area (Å²) < 4.78 is 9.74. The molecule has 0 saturated carbocycles. The molecule has 1 aromatic rings. The molecular formula is C10H16N2O4. The van der Waals surface area contributed by atoms with Crippen molar-refractivity contribution >= 4 is 5.91 Å². The van der Waals surface area contributed by atoms with Crippen molar-refractivity contribution in [1.82, 2.24) is 10.1 Å². The van der Waals surface area contributed by atoms with E-state index < -0.39 is 6.10 Å². The smallest absolute Gasteiger partial charge is 0.275 e. The average molecular weight is 228 g/mol. The Balaban J connectivity index is 2.64. The molecule has 6 nitrogen and oxygen atoms in total. The summed E-state index contributed by atoms with van der Waals surface area (Å²) in [7, 11) is 3.13. The van der Waals surface area contributed by atoms with E-state index >= 15 is 0 Å². The Morgan fingerprint density at radius 1 is 1.75 bits per heavy atom. The number of aromatic nitrogens is 1. The largest absolute Gasteiger partial charge is 0.392 e. The molecule has 1 atom stereocenters. The summed E-state index contributed by atoms with van der Waals surface area (Å²) in [4.78, 5) is 13.1. The molecule has 0 aromatic carbocycles. The molecule has 1 amide bonds. The highest BCUT2D eigenvalue weighted by molar-refractivity contribution is 5.92. The fourth-order valence-corrected chi connectivity index (χ4v) is 1.30. The molecule has 0 aliphatic heterocycles. The summed E-state index contributed by atoms with van der Waals surface area (Å²) in [5.41, 5.74) is 0.218. The molecule has 1 N–H and O–H groups in total. The summed E-state index contributed by atoms with van der Waals surface area (Å²) in [5, 5.41) is 12.8. The minimum Gasteiger partial charge on any atom is -0.392 e. The Kier molecular flexibility index (Phi) is 4.45. The van der Waals surface area contributed by atoms with Crippen LogP contribution in [-0.4, -0.2) is 47.9 Å². The van der Waals surface area contributed by atoms with Gasteiger partial charge in [-0.1, -0.05) is 5.16 Å². The van der Waals surface area contributed by atoms with Crippen molar-refractivity contribution < 1.29 is 19.2 Å². The van der Waals surface area contributed by atoms with Crippen LogP contribution in [0.4, 0.5) is 0 Å². The van der Waals surface area contributed by atoms with E-state index in [1.54, 1.807) is 14.0 Å². The summed E-state index contributed by atoms with van der Waals surface area (Å²) >= 11 is 0. The highest BCUT2D eigenvalue weighted by Gasteiger charge is 2.17. The van der Waals surface area contributed by atoms with Gasteiger partial charge in [0.25, 0.3) is 5.91 Å². The Labute approximate surface area is 93.8 Å². The molecule has 0 spiro atoms. The molecule has 0 bridgehead atoms. The minimum absolute atomic E-state index is 0.218. The van der Waals surface area contributed by atoms with E-state index in [0.29, 0.717) is 5.76 Å². The first kappa shape index (κ1) is 12.7. The van der Waals surface area contributed by atoms with Crippen LogP contribution in [0.5, 0.6) is 0 Å². The van der Waals surface area contributed by atoms with E-state index in [4.69, 9.17) is 14.4 Å². The summed E-state index contributed by atoms with van der Waals surface area (Å²) in [6.07, 6.45) is -0.570. The molecule has 1 heterocycles. The predicted octanol–water partition coefficient (Wildman–Crippen LogP) is 0.274. The van der Waals surface area contributed by atoms with Gasteiger partial charge in [0.1, 0.15) is 6.61 Å². The summed E-state index contributed by atoms with van der Waals surface area (Å²) in [6.45, 7) is 2.15. The molecule has 0 aliphatic rings. The van der Waals surface area contributed by atoms with Gasteiger partial charge in [0, 0.05) is 26.8 Å². The maximum atomic E-state index is 11.7. The fraction of sp³-hybridized carbons (Fsp3) is 0.600. The molecule has 16 heavy (non-hydrogen) atoms. The number of rotatable bonds is 5. The number of likely N-dealkylation sites (N-methyl/N-ethyl adjacent to an activating group) is 1. The van der Waals surface area contributed by atoms with Gasteiger partial charge in [-0.05, 0) is 6.92 Å². The summed E-state index contributed by atoms with van der Waals surface area (Å²) in [6, 6.07) is 1.53. The van der Waals surface area contributed by atoms with Gasteiger partial charge in [0.05, 0.1) is 6.10 Å². The predicted molar refractivity (Wildman–Crippen MR) is 55.9 cm³/mol. The molecule has 90 valence electrons. The minimum atomic E-state index is -0.570. The normalized spacial score (nSPS) is 12.5.